The minimum absolute atomic E-state index is 0.134. The van der Waals surface area contributed by atoms with Gasteiger partial charge in [-0.2, -0.15) is 0 Å². The predicted molar refractivity (Wildman–Crippen MR) is 77.2 cm³/mol. The van der Waals surface area contributed by atoms with Crippen LogP contribution in [0.2, 0.25) is 0 Å². The van der Waals surface area contributed by atoms with Crippen molar-refractivity contribution >= 4 is 21.7 Å². The van der Waals surface area contributed by atoms with Crippen LogP contribution >= 0.6 is 0 Å². The molecule has 20 heavy (non-hydrogen) atoms. The Morgan fingerprint density at radius 1 is 0.900 bits per heavy atom. The van der Waals surface area contributed by atoms with Gasteiger partial charge in [-0.1, -0.05) is 42.5 Å². The van der Waals surface area contributed by atoms with Gasteiger partial charge in [0.05, 0.1) is 10.6 Å². The molecule has 0 atom stereocenters. The molecular weight excluding hydrogens is 272 g/mol. The zero-order valence-corrected chi connectivity index (χ0v) is 11.4. The van der Waals surface area contributed by atoms with E-state index in [1.807, 2.05) is 30.3 Å². The van der Waals surface area contributed by atoms with Gasteiger partial charge in [-0.05, 0) is 23.8 Å². The van der Waals surface area contributed by atoms with Crippen LogP contribution in [0.1, 0.15) is 15.9 Å². The van der Waals surface area contributed by atoms with E-state index in [1.54, 1.807) is 24.3 Å². The molecule has 0 amide bonds. The van der Waals surface area contributed by atoms with Crippen LogP contribution in [0.25, 0.3) is 6.08 Å². The summed E-state index contributed by atoms with van der Waals surface area (Å²) >= 11 is 0. The number of fused-ring (bicyclic) bond motifs is 1. The van der Waals surface area contributed by atoms with E-state index in [1.165, 1.54) is 6.07 Å². The van der Waals surface area contributed by atoms with Crippen molar-refractivity contribution < 1.29 is 13.2 Å². The Kier molecular flexibility index (Phi) is 3.03. The highest BCUT2D eigenvalue weighted by atomic mass is 32.2. The molecule has 0 saturated carbocycles. The zero-order valence-electron chi connectivity index (χ0n) is 10.6. The van der Waals surface area contributed by atoms with Crippen molar-refractivity contribution in [3.8, 4) is 0 Å². The maximum Gasteiger partial charge on any atom is 0.191 e. The third-order valence-electron chi connectivity index (χ3n) is 3.24. The Balaban J connectivity index is 2.15. The van der Waals surface area contributed by atoms with E-state index >= 15 is 0 Å². The van der Waals surface area contributed by atoms with E-state index in [9.17, 15) is 13.2 Å². The first kappa shape index (κ1) is 12.8. The summed E-state index contributed by atoms with van der Waals surface area (Å²) < 4.78 is 24.5. The lowest BCUT2D eigenvalue weighted by atomic mass is 10.0. The first-order valence-corrected chi connectivity index (χ1v) is 7.85. The second kappa shape index (κ2) is 4.72. The molecule has 1 heterocycles. The van der Waals surface area contributed by atoms with Crippen molar-refractivity contribution in [2.75, 3.05) is 5.75 Å². The smallest absolute Gasteiger partial charge is 0.191 e. The Morgan fingerprint density at radius 3 is 2.30 bits per heavy atom. The molecular formula is C16H12O3S. The molecule has 2 aromatic rings. The molecule has 0 aliphatic carbocycles. The normalized spacial score (nSPS) is 18.8. The first-order valence-electron chi connectivity index (χ1n) is 6.20. The van der Waals surface area contributed by atoms with Crippen molar-refractivity contribution in [2.24, 2.45) is 0 Å². The number of ketones is 1. The molecule has 100 valence electrons. The van der Waals surface area contributed by atoms with Gasteiger partial charge in [0.15, 0.2) is 15.6 Å². The Bertz CT molecular complexity index is 803. The highest BCUT2D eigenvalue weighted by Crippen LogP contribution is 2.28. The molecule has 2 aromatic carbocycles. The van der Waals surface area contributed by atoms with Crippen molar-refractivity contribution in [1.82, 2.24) is 0 Å². The van der Waals surface area contributed by atoms with Crippen LogP contribution in [-0.2, 0) is 9.84 Å². The Hall–Kier alpha value is -2.20. The summed E-state index contributed by atoms with van der Waals surface area (Å²) in [5.41, 5.74) is 1.40. The summed E-state index contributed by atoms with van der Waals surface area (Å²) in [6, 6.07) is 15.6. The van der Waals surface area contributed by atoms with E-state index < -0.39 is 9.84 Å². The SMILES string of the molecule is O=C1/C(=C\c2ccccc2)CS(=O)(=O)c2ccccc21. The summed E-state index contributed by atoms with van der Waals surface area (Å²) in [4.78, 5) is 12.5. The van der Waals surface area contributed by atoms with Gasteiger partial charge < -0.3 is 0 Å². The number of carbonyl (C=O) groups is 1. The number of sulfone groups is 1. The molecule has 0 radical (unpaired) electrons. The molecule has 3 rings (SSSR count). The van der Waals surface area contributed by atoms with Gasteiger partial charge in [0.2, 0.25) is 0 Å². The number of benzene rings is 2. The molecule has 0 bridgehead atoms. The maximum absolute atomic E-state index is 12.4. The molecule has 1 aliphatic rings. The fourth-order valence-corrected chi connectivity index (χ4v) is 3.87. The van der Waals surface area contributed by atoms with Gasteiger partial charge in [-0.25, -0.2) is 8.42 Å². The fourth-order valence-electron chi connectivity index (χ4n) is 2.30. The first-order chi connectivity index (χ1) is 9.58. The standard InChI is InChI=1S/C16H12O3S/c17-16-13(10-12-6-2-1-3-7-12)11-20(18,19)15-9-5-4-8-14(15)16/h1-10H,11H2/b13-10-. The monoisotopic (exact) mass is 284 g/mol. The molecule has 0 saturated heterocycles. The average Bonchev–Trinajstić information content (AvgIpc) is 2.46. The van der Waals surface area contributed by atoms with E-state index in [0.717, 1.165) is 5.56 Å². The molecule has 0 fully saturated rings. The lowest BCUT2D eigenvalue weighted by molar-refractivity contribution is 0.103. The highest BCUT2D eigenvalue weighted by Gasteiger charge is 2.32. The van der Waals surface area contributed by atoms with Gasteiger partial charge in [0.25, 0.3) is 0 Å². The van der Waals surface area contributed by atoms with Crippen LogP contribution in [0.3, 0.4) is 0 Å². The lowest BCUT2D eigenvalue weighted by Crippen LogP contribution is -2.24. The second-order valence-electron chi connectivity index (χ2n) is 4.66. The number of rotatable bonds is 1. The number of hydrogen-bond acceptors (Lipinski definition) is 3. The van der Waals surface area contributed by atoms with Crippen LogP contribution in [-0.4, -0.2) is 20.0 Å². The third-order valence-corrected chi connectivity index (χ3v) is 4.96. The molecule has 0 aromatic heterocycles. The zero-order chi connectivity index (χ0) is 14.2. The fraction of sp³-hybridized carbons (Fsp3) is 0.0625. The minimum Gasteiger partial charge on any atom is -0.289 e. The Morgan fingerprint density at radius 2 is 1.55 bits per heavy atom. The highest BCUT2D eigenvalue weighted by molar-refractivity contribution is 7.91. The third kappa shape index (κ3) is 2.18. The van der Waals surface area contributed by atoms with Crippen molar-refractivity contribution in [1.29, 1.82) is 0 Å². The number of hydrogen-bond donors (Lipinski definition) is 0. The van der Waals surface area contributed by atoms with Gasteiger partial charge in [-0.3, -0.25) is 4.79 Å². The topological polar surface area (TPSA) is 51.2 Å². The lowest BCUT2D eigenvalue weighted by Gasteiger charge is -2.17. The van der Waals surface area contributed by atoms with E-state index in [-0.39, 0.29) is 22.0 Å². The van der Waals surface area contributed by atoms with Crippen LogP contribution in [0.5, 0.6) is 0 Å². The van der Waals surface area contributed by atoms with Gasteiger partial charge in [-0.15, -0.1) is 0 Å². The van der Waals surface area contributed by atoms with Crippen LogP contribution in [0.15, 0.2) is 65.1 Å². The van der Waals surface area contributed by atoms with E-state index in [2.05, 4.69) is 0 Å². The van der Waals surface area contributed by atoms with Crippen molar-refractivity contribution in [3.05, 3.63) is 71.3 Å². The summed E-state index contributed by atoms with van der Waals surface area (Å²) in [5.74, 6) is -0.447. The Labute approximate surface area is 117 Å². The summed E-state index contributed by atoms with van der Waals surface area (Å²) in [5, 5.41) is 0. The van der Waals surface area contributed by atoms with E-state index in [4.69, 9.17) is 0 Å². The summed E-state index contributed by atoms with van der Waals surface area (Å²) in [7, 11) is -3.43. The molecule has 1 aliphatic heterocycles. The molecule has 0 N–H and O–H groups in total. The molecule has 3 nitrogen and oxygen atoms in total. The van der Waals surface area contributed by atoms with Crippen LogP contribution in [0, 0.1) is 0 Å². The molecule has 0 spiro atoms. The summed E-state index contributed by atoms with van der Waals surface area (Å²) in [6.45, 7) is 0. The van der Waals surface area contributed by atoms with Crippen LogP contribution < -0.4 is 0 Å². The minimum atomic E-state index is -3.43. The second-order valence-corrected chi connectivity index (χ2v) is 6.62. The number of Topliss-reactive ketones (excluding diaryl/α,β-unsaturated/α-hetero) is 1. The van der Waals surface area contributed by atoms with Crippen molar-refractivity contribution in [3.63, 3.8) is 0 Å². The molecule has 4 heteroatoms. The van der Waals surface area contributed by atoms with Gasteiger partial charge >= 0.3 is 0 Å². The maximum atomic E-state index is 12.4. The van der Waals surface area contributed by atoms with Crippen molar-refractivity contribution in [2.45, 2.75) is 4.90 Å². The van der Waals surface area contributed by atoms with Crippen LogP contribution in [0.4, 0.5) is 0 Å². The van der Waals surface area contributed by atoms with Gasteiger partial charge in [0, 0.05) is 11.1 Å². The van der Waals surface area contributed by atoms with E-state index in [0.29, 0.717) is 5.57 Å². The largest absolute Gasteiger partial charge is 0.289 e. The predicted octanol–water partition coefficient (Wildman–Crippen LogP) is 2.74. The molecule has 0 unspecified atom stereocenters. The average molecular weight is 284 g/mol. The van der Waals surface area contributed by atoms with Gasteiger partial charge in [0.1, 0.15) is 0 Å². The number of carbonyl (C=O) groups excluding carboxylic acids is 1. The summed E-state index contributed by atoms with van der Waals surface area (Å²) in [6.07, 6.45) is 1.65. The quantitative estimate of drug-likeness (QED) is 0.757.